The van der Waals surface area contributed by atoms with Crippen molar-refractivity contribution >= 4 is 11.6 Å². The molecule has 5 nitrogen and oxygen atoms in total. The van der Waals surface area contributed by atoms with E-state index in [9.17, 15) is 4.79 Å². The van der Waals surface area contributed by atoms with Gasteiger partial charge in [0.05, 0.1) is 18.4 Å². The molecule has 2 aromatic carbocycles. The molecule has 1 amide bonds. The normalized spacial score (nSPS) is 14.0. The van der Waals surface area contributed by atoms with Gasteiger partial charge in [-0.25, -0.2) is 0 Å². The Hall–Kier alpha value is -2.69. The maximum atomic E-state index is 12.3. The van der Waals surface area contributed by atoms with E-state index in [0.717, 1.165) is 12.8 Å². The molecule has 138 valence electrons. The van der Waals surface area contributed by atoms with Crippen molar-refractivity contribution in [1.82, 2.24) is 0 Å². The minimum atomic E-state index is -0.237. The van der Waals surface area contributed by atoms with Gasteiger partial charge in [0.1, 0.15) is 5.75 Å². The number of carbonyl (C=O) groups is 1. The molecule has 0 radical (unpaired) electrons. The lowest BCUT2D eigenvalue weighted by Gasteiger charge is -2.17. The number of hydrogen-bond donors (Lipinski definition) is 1. The first kappa shape index (κ1) is 18.1. The Morgan fingerprint density at radius 2 is 1.58 bits per heavy atom. The molecule has 26 heavy (non-hydrogen) atoms. The van der Waals surface area contributed by atoms with E-state index in [2.05, 4.69) is 5.32 Å². The fourth-order valence-electron chi connectivity index (χ4n) is 3.03. The van der Waals surface area contributed by atoms with E-state index < -0.39 is 0 Å². The molecule has 0 atom stereocenters. The highest BCUT2D eigenvalue weighted by Crippen LogP contribution is 2.30. The van der Waals surface area contributed by atoms with Crippen molar-refractivity contribution in [2.45, 2.75) is 38.7 Å². The van der Waals surface area contributed by atoms with Gasteiger partial charge in [0.25, 0.3) is 5.91 Å². The van der Waals surface area contributed by atoms with Gasteiger partial charge >= 0.3 is 0 Å². The lowest BCUT2D eigenvalue weighted by Crippen LogP contribution is -2.21. The van der Waals surface area contributed by atoms with Crippen LogP contribution in [0.25, 0.3) is 0 Å². The Morgan fingerprint density at radius 1 is 0.962 bits per heavy atom. The predicted molar refractivity (Wildman–Crippen MR) is 101 cm³/mol. The molecule has 0 aliphatic heterocycles. The molecule has 1 fully saturated rings. The molecule has 0 unspecified atom stereocenters. The van der Waals surface area contributed by atoms with Gasteiger partial charge in [-0.15, -0.1) is 0 Å². The molecule has 1 N–H and O–H groups in total. The van der Waals surface area contributed by atoms with Crippen molar-refractivity contribution in [1.29, 1.82) is 0 Å². The molecule has 2 aromatic rings. The molecule has 0 saturated heterocycles. The minimum Gasteiger partial charge on any atom is -0.490 e. The first-order valence-corrected chi connectivity index (χ1v) is 9.16. The van der Waals surface area contributed by atoms with Gasteiger partial charge in [0.2, 0.25) is 0 Å². The number of nitrogens with one attached hydrogen (secondary N) is 1. The van der Waals surface area contributed by atoms with E-state index >= 15 is 0 Å². The van der Waals surface area contributed by atoms with E-state index in [0.29, 0.717) is 29.5 Å². The van der Waals surface area contributed by atoms with Crippen LogP contribution in [0.2, 0.25) is 0 Å². The summed E-state index contributed by atoms with van der Waals surface area (Å²) in [6.07, 6.45) is 4.78. The zero-order valence-electron chi connectivity index (χ0n) is 15.1. The molecule has 1 aliphatic rings. The first-order valence-electron chi connectivity index (χ1n) is 9.16. The van der Waals surface area contributed by atoms with Crippen LogP contribution in [-0.4, -0.2) is 25.2 Å². The summed E-state index contributed by atoms with van der Waals surface area (Å²) >= 11 is 0. The molecule has 5 heteroatoms. The summed E-state index contributed by atoms with van der Waals surface area (Å²) in [6.45, 7) is 2.35. The molecule has 0 bridgehead atoms. The van der Waals surface area contributed by atoms with Crippen LogP contribution in [0.3, 0.4) is 0 Å². The van der Waals surface area contributed by atoms with Gasteiger partial charge in [0.15, 0.2) is 18.1 Å². The Balaban J connectivity index is 1.58. The van der Waals surface area contributed by atoms with Crippen LogP contribution >= 0.6 is 0 Å². The van der Waals surface area contributed by atoms with Crippen molar-refractivity contribution in [3.63, 3.8) is 0 Å². The highest BCUT2D eigenvalue weighted by Gasteiger charge is 2.18. The van der Waals surface area contributed by atoms with Crippen molar-refractivity contribution in [2.24, 2.45) is 0 Å². The average Bonchev–Trinajstić information content (AvgIpc) is 3.16. The number of benzene rings is 2. The van der Waals surface area contributed by atoms with Gasteiger partial charge in [-0.3, -0.25) is 4.79 Å². The Morgan fingerprint density at radius 3 is 2.27 bits per heavy atom. The minimum absolute atomic E-state index is 0.0954. The molecule has 1 saturated carbocycles. The zero-order valence-corrected chi connectivity index (χ0v) is 15.1. The van der Waals surface area contributed by atoms with Crippen LogP contribution in [-0.2, 0) is 4.79 Å². The summed E-state index contributed by atoms with van der Waals surface area (Å²) in [6, 6.07) is 14.8. The van der Waals surface area contributed by atoms with Crippen molar-refractivity contribution in [2.75, 3.05) is 18.5 Å². The van der Waals surface area contributed by atoms with Crippen LogP contribution in [0.5, 0.6) is 17.2 Å². The Kier molecular flexibility index (Phi) is 6.36. The monoisotopic (exact) mass is 355 g/mol. The van der Waals surface area contributed by atoms with E-state index in [-0.39, 0.29) is 18.6 Å². The molecule has 0 spiro atoms. The van der Waals surface area contributed by atoms with Gasteiger partial charge in [-0.2, -0.15) is 0 Å². The first-order chi connectivity index (χ1) is 12.8. The quantitative estimate of drug-likeness (QED) is 0.761. The predicted octanol–water partition coefficient (Wildman–Crippen LogP) is 4.42. The third-order valence-electron chi connectivity index (χ3n) is 4.26. The lowest BCUT2D eigenvalue weighted by atomic mass is 10.2. The van der Waals surface area contributed by atoms with Crippen LogP contribution in [0, 0.1) is 0 Å². The van der Waals surface area contributed by atoms with Crippen LogP contribution in [0.4, 0.5) is 5.69 Å². The second kappa shape index (κ2) is 9.13. The highest BCUT2D eigenvalue weighted by atomic mass is 16.5. The van der Waals surface area contributed by atoms with E-state index in [1.165, 1.54) is 12.8 Å². The highest BCUT2D eigenvalue weighted by molar-refractivity contribution is 5.93. The average molecular weight is 355 g/mol. The number of ether oxygens (including phenoxy) is 3. The molecule has 0 heterocycles. The second-order valence-corrected chi connectivity index (χ2v) is 6.24. The largest absolute Gasteiger partial charge is 0.490 e. The molecule has 1 aliphatic carbocycles. The SMILES string of the molecule is CCOc1ccccc1OCC(=O)Nc1ccccc1OC1CCCC1. The number of hydrogen-bond acceptors (Lipinski definition) is 4. The van der Waals surface area contributed by atoms with E-state index in [1.54, 1.807) is 6.07 Å². The van der Waals surface area contributed by atoms with Crippen molar-refractivity contribution in [3.05, 3.63) is 48.5 Å². The van der Waals surface area contributed by atoms with E-state index in [4.69, 9.17) is 14.2 Å². The Bertz CT molecular complexity index is 725. The molecule has 3 rings (SSSR count). The molecular formula is C21H25NO4. The second-order valence-electron chi connectivity index (χ2n) is 6.24. The number of rotatable bonds is 8. The van der Waals surface area contributed by atoms with E-state index in [1.807, 2.05) is 49.4 Å². The van der Waals surface area contributed by atoms with Crippen LogP contribution in [0.1, 0.15) is 32.6 Å². The smallest absolute Gasteiger partial charge is 0.262 e. The number of amides is 1. The fraction of sp³-hybridized carbons (Fsp3) is 0.381. The van der Waals surface area contributed by atoms with Crippen LogP contribution in [0.15, 0.2) is 48.5 Å². The lowest BCUT2D eigenvalue weighted by molar-refractivity contribution is -0.118. The number of carbonyl (C=O) groups excluding carboxylic acids is 1. The zero-order chi connectivity index (χ0) is 18.2. The molecule has 0 aromatic heterocycles. The summed E-state index contributed by atoms with van der Waals surface area (Å²) in [5.41, 5.74) is 0.672. The third-order valence-corrected chi connectivity index (χ3v) is 4.26. The third kappa shape index (κ3) is 4.91. The van der Waals surface area contributed by atoms with Gasteiger partial charge < -0.3 is 19.5 Å². The summed E-state index contributed by atoms with van der Waals surface area (Å²) < 4.78 is 17.2. The summed E-state index contributed by atoms with van der Waals surface area (Å²) in [5, 5.41) is 2.88. The van der Waals surface area contributed by atoms with Crippen molar-refractivity contribution < 1.29 is 19.0 Å². The van der Waals surface area contributed by atoms with Crippen LogP contribution < -0.4 is 19.5 Å². The van der Waals surface area contributed by atoms with Gasteiger partial charge in [-0.05, 0) is 56.9 Å². The fourth-order valence-corrected chi connectivity index (χ4v) is 3.03. The Labute approximate surface area is 154 Å². The van der Waals surface area contributed by atoms with Gasteiger partial charge in [0, 0.05) is 0 Å². The van der Waals surface area contributed by atoms with Gasteiger partial charge in [-0.1, -0.05) is 24.3 Å². The topological polar surface area (TPSA) is 56.8 Å². The van der Waals surface area contributed by atoms with Crippen molar-refractivity contribution in [3.8, 4) is 17.2 Å². The maximum absolute atomic E-state index is 12.3. The maximum Gasteiger partial charge on any atom is 0.262 e. The summed E-state index contributed by atoms with van der Waals surface area (Å²) in [7, 11) is 0. The number of para-hydroxylation sites is 4. The standard InChI is InChI=1S/C21H25NO4/c1-2-24-19-13-7-8-14-20(19)25-15-21(23)22-17-11-5-6-12-18(17)26-16-9-3-4-10-16/h5-8,11-14,16H,2-4,9-10,15H2,1H3,(H,22,23). The summed E-state index contributed by atoms with van der Waals surface area (Å²) in [4.78, 5) is 12.3. The summed E-state index contributed by atoms with van der Waals surface area (Å²) in [5.74, 6) is 1.66. The molecular weight excluding hydrogens is 330 g/mol. The number of anilines is 1.